The summed E-state index contributed by atoms with van der Waals surface area (Å²) in [5.74, 6) is -1.80. The molecule has 0 aliphatic heterocycles. The molecule has 1 aliphatic carbocycles. The fraction of sp³-hybridized carbons (Fsp3) is 0.423. The number of carboxylic acids is 1. The van der Waals surface area contributed by atoms with Gasteiger partial charge in [-0.15, -0.1) is 0 Å². The van der Waals surface area contributed by atoms with E-state index in [9.17, 15) is 19.5 Å². The van der Waals surface area contributed by atoms with Crippen molar-refractivity contribution in [3.05, 3.63) is 59.7 Å². The highest BCUT2D eigenvalue weighted by Gasteiger charge is 2.40. The lowest BCUT2D eigenvalue weighted by Gasteiger charge is -2.33. The number of nitrogens with one attached hydrogen (secondary N) is 2. The van der Waals surface area contributed by atoms with Gasteiger partial charge in [-0.05, 0) is 41.0 Å². The van der Waals surface area contributed by atoms with Crippen LogP contribution in [0.2, 0.25) is 0 Å². The fourth-order valence-electron chi connectivity index (χ4n) is 4.07. The first-order chi connectivity index (χ1) is 15.5. The van der Waals surface area contributed by atoms with Crippen molar-refractivity contribution in [1.82, 2.24) is 10.6 Å². The van der Waals surface area contributed by atoms with E-state index in [0.29, 0.717) is 0 Å². The molecule has 1 aliphatic rings. The number of carboxylic acid groups (broad SMARTS) is 1. The van der Waals surface area contributed by atoms with Crippen molar-refractivity contribution in [3.63, 3.8) is 0 Å². The number of carbonyl (C=O) groups excluding carboxylic acids is 2. The van der Waals surface area contributed by atoms with Crippen molar-refractivity contribution in [1.29, 1.82) is 0 Å². The Bertz CT molecular complexity index is 1010. The van der Waals surface area contributed by atoms with Crippen LogP contribution in [0.15, 0.2) is 48.5 Å². The number of fused-ring (bicyclic) bond motifs is 3. The summed E-state index contributed by atoms with van der Waals surface area (Å²) in [7, 11) is 0. The Morgan fingerprint density at radius 3 is 1.94 bits per heavy atom. The van der Waals surface area contributed by atoms with E-state index < -0.39 is 35.0 Å². The van der Waals surface area contributed by atoms with Gasteiger partial charge in [0.25, 0.3) is 0 Å². The van der Waals surface area contributed by atoms with E-state index in [-0.39, 0.29) is 18.9 Å². The van der Waals surface area contributed by atoms with Crippen LogP contribution in [-0.2, 0) is 14.3 Å². The second-order valence-corrected chi connectivity index (χ2v) is 9.75. The Hall–Kier alpha value is -3.35. The Morgan fingerprint density at radius 2 is 1.48 bits per heavy atom. The van der Waals surface area contributed by atoms with Crippen LogP contribution < -0.4 is 10.6 Å². The predicted octanol–water partition coefficient (Wildman–Crippen LogP) is 4.31. The monoisotopic (exact) mass is 452 g/mol. The van der Waals surface area contributed by atoms with Crippen molar-refractivity contribution in [2.24, 2.45) is 5.41 Å². The van der Waals surface area contributed by atoms with Gasteiger partial charge in [0.2, 0.25) is 5.91 Å². The first-order valence-corrected chi connectivity index (χ1v) is 11.1. The predicted molar refractivity (Wildman–Crippen MR) is 126 cm³/mol. The number of aliphatic carboxylic acids is 1. The van der Waals surface area contributed by atoms with Crippen molar-refractivity contribution in [2.75, 3.05) is 6.61 Å². The lowest BCUT2D eigenvalue weighted by Crippen LogP contribution is -2.60. The molecule has 2 atom stereocenters. The number of hydrogen-bond donors (Lipinski definition) is 3. The molecule has 0 fully saturated rings. The van der Waals surface area contributed by atoms with Gasteiger partial charge in [0.15, 0.2) is 0 Å². The van der Waals surface area contributed by atoms with Gasteiger partial charge in [0.05, 0.1) is 0 Å². The van der Waals surface area contributed by atoms with Crippen LogP contribution in [-0.4, -0.2) is 41.3 Å². The van der Waals surface area contributed by atoms with Crippen LogP contribution in [0.1, 0.15) is 58.1 Å². The Balaban J connectivity index is 1.72. The van der Waals surface area contributed by atoms with Gasteiger partial charge >= 0.3 is 12.1 Å². The van der Waals surface area contributed by atoms with E-state index in [1.165, 1.54) is 6.92 Å². The molecule has 0 spiro atoms. The molecule has 2 aromatic carbocycles. The first kappa shape index (κ1) is 24.3. The average molecular weight is 453 g/mol. The van der Waals surface area contributed by atoms with E-state index in [1.807, 2.05) is 36.4 Å². The Kier molecular flexibility index (Phi) is 6.81. The molecule has 0 saturated carbocycles. The number of ether oxygens (including phenoxy) is 1. The number of carbonyl (C=O) groups is 3. The van der Waals surface area contributed by atoms with Crippen LogP contribution in [0.5, 0.6) is 0 Å². The lowest BCUT2D eigenvalue weighted by molar-refractivity contribution is -0.147. The standard InChI is InChI=1S/C26H32N2O5/c1-6-26(5,23(30)31)28-22(29)21(25(2,3)4)27-24(32)33-15-20-18-13-9-7-11-16(18)17-12-8-10-14-19(17)20/h7-14,20-21H,6,15H2,1-5H3,(H,27,32)(H,28,29)(H,30,31)/t21-,26?/m0/s1. The minimum Gasteiger partial charge on any atom is -0.480 e. The normalized spacial score (nSPS) is 15.5. The minimum absolute atomic E-state index is 0.0968. The summed E-state index contributed by atoms with van der Waals surface area (Å²) in [5.41, 5.74) is 2.35. The molecular weight excluding hydrogens is 420 g/mol. The van der Waals surface area contributed by atoms with Gasteiger partial charge in [-0.2, -0.15) is 0 Å². The number of benzene rings is 2. The van der Waals surface area contributed by atoms with Crippen LogP contribution in [0.3, 0.4) is 0 Å². The number of rotatable bonds is 7. The van der Waals surface area contributed by atoms with Gasteiger partial charge in [-0.25, -0.2) is 9.59 Å². The van der Waals surface area contributed by atoms with Gasteiger partial charge in [-0.3, -0.25) is 4.79 Å². The summed E-state index contributed by atoms with van der Waals surface area (Å²) < 4.78 is 5.57. The minimum atomic E-state index is -1.43. The zero-order valence-corrected chi connectivity index (χ0v) is 19.8. The van der Waals surface area contributed by atoms with E-state index in [4.69, 9.17) is 4.74 Å². The summed E-state index contributed by atoms with van der Waals surface area (Å²) in [5, 5.41) is 14.7. The summed E-state index contributed by atoms with van der Waals surface area (Å²) in [6.07, 6.45) is -0.518. The SMILES string of the molecule is CCC(C)(NC(=O)[C@H](NC(=O)OCC1c2ccccc2-c2ccccc21)C(C)(C)C)C(=O)O. The summed E-state index contributed by atoms with van der Waals surface area (Å²) in [4.78, 5) is 37.3. The van der Waals surface area contributed by atoms with E-state index in [2.05, 4.69) is 22.8 Å². The third-order valence-electron chi connectivity index (χ3n) is 6.31. The smallest absolute Gasteiger partial charge is 0.407 e. The van der Waals surface area contributed by atoms with Crippen molar-refractivity contribution in [3.8, 4) is 11.1 Å². The molecular formula is C26H32N2O5. The molecule has 1 unspecified atom stereocenters. The zero-order chi connectivity index (χ0) is 24.4. The molecule has 7 heteroatoms. The lowest BCUT2D eigenvalue weighted by atomic mass is 9.85. The van der Waals surface area contributed by atoms with Crippen LogP contribution in [0.4, 0.5) is 4.79 Å². The van der Waals surface area contributed by atoms with Crippen molar-refractivity contribution >= 4 is 18.0 Å². The molecule has 7 nitrogen and oxygen atoms in total. The molecule has 176 valence electrons. The van der Waals surface area contributed by atoms with Crippen molar-refractivity contribution < 1.29 is 24.2 Å². The highest BCUT2D eigenvalue weighted by molar-refractivity contribution is 5.91. The molecule has 0 aromatic heterocycles. The molecule has 0 bridgehead atoms. The summed E-state index contributed by atoms with van der Waals surface area (Å²) in [6.45, 7) is 8.64. The summed E-state index contributed by atoms with van der Waals surface area (Å²) >= 11 is 0. The van der Waals surface area contributed by atoms with E-state index in [0.717, 1.165) is 22.3 Å². The molecule has 3 N–H and O–H groups in total. The Labute approximate surface area is 194 Å². The average Bonchev–Trinajstić information content (AvgIpc) is 3.08. The van der Waals surface area contributed by atoms with E-state index in [1.54, 1.807) is 27.7 Å². The quantitative estimate of drug-likeness (QED) is 0.581. The molecule has 0 radical (unpaired) electrons. The first-order valence-electron chi connectivity index (χ1n) is 11.1. The van der Waals surface area contributed by atoms with Crippen LogP contribution in [0, 0.1) is 5.41 Å². The summed E-state index contributed by atoms with van der Waals surface area (Å²) in [6, 6.07) is 15.1. The molecule has 2 amide bonds. The largest absolute Gasteiger partial charge is 0.480 e. The van der Waals surface area contributed by atoms with Crippen LogP contribution in [0.25, 0.3) is 11.1 Å². The highest BCUT2D eigenvalue weighted by atomic mass is 16.5. The van der Waals surface area contributed by atoms with Crippen LogP contribution >= 0.6 is 0 Å². The molecule has 33 heavy (non-hydrogen) atoms. The van der Waals surface area contributed by atoms with Gasteiger partial charge in [0, 0.05) is 5.92 Å². The number of amides is 2. The maximum atomic E-state index is 12.9. The maximum absolute atomic E-state index is 12.9. The highest BCUT2D eigenvalue weighted by Crippen LogP contribution is 2.44. The van der Waals surface area contributed by atoms with Gasteiger partial charge in [0.1, 0.15) is 18.2 Å². The topological polar surface area (TPSA) is 105 Å². The molecule has 3 rings (SSSR count). The van der Waals surface area contributed by atoms with Gasteiger partial charge in [-0.1, -0.05) is 76.2 Å². The number of alkyl carbamates (subject to hydrolysis) is 1. The zero-order valence-electron chi connectivity index (χ0n) is 19.8. The Morgan fingerprint density at radius 1 is 0.970 bits per heavy atom. The molecule has 2 aromatic rings. The second kappa shape index (κ2) is 9.25. The second-order valence-electron chi connectivity index (χ2n) is 9.75. The fourth-order valence-corrected chi connectivity index (χ4v) is 4.07. The maximum Gasteiger partial charge on any atom is 0.407 e. The third kappa shape index (κ3) is 5.02. The van der Waals surface area contributed by atoms with Crippen molar-refractivity contribution in [2.45, 2.75) is 58.5 Å². The van der Waals surface area contributed by atoms with Gasteiger partial charge < -0.3 is 20.5 Å². The molecule has 0 heterocycles. The van der Waals surface area contributed by atoms with E-state index >= 15 is 0 Å². The number of hydrogen-bond acceptors (Lipinski definition) is 4. The molecule has 0 saturated heterocycles. The third-order valence-corrected chi connectivity index (χ3v) is 6.31.